The fraction of sp³-hybridized carbons (Fsp3) is 0.286. The van der Waals surface area contributed by atoms with E-state index in [1.807, 2.05) is 13.0 Å². The second-order valence-electron chi connectivity index (χ2n) is 4.47. The summed E-state index contributed by atoms with van der Waals surface area (Å²) in [6.45, 7) is 2.67. The van der Waals surface area contributed by atoms with Gasteiger partial charge >= 0.3 is 0 Å². The van der Waals surface area contributed by atoms with Crippen LogP contribution < -0.4 is 5.32 Å². The van der Waals surface area contributed by atoms with Crippen LogP contribution in [0.3, 0.4) is 0 Å². The molecule has 1 nitrogen and oxygen atoms in total. The lowest BCUT2D eigenvalue weighted by atomic mass is 10.0. The van der Waals surface area contributed by atoms with Gasteiger partial charge in [0.05, 0.1) is 13.6 Å². The molecule has 0 fully saturated rings. The van der Waals surface area contributed by atoms with Crippen molar-refractivity contribution < 1.29 is 13.2 Å². The summed E-state index contributed by atoms with van der Waals surface area (Å²) in [7, 11) is 0. The predicted octanol–water partition coefficient (Wildman–Crippen LogP) is 5.78. The zero-order valence-corrected chi connectivity index (χ0v) is 15.0. The van der Waals surface area contributed by atoms with E-state index in [0.717, 1.165) is 31.7 Å². The van der Waals surface area contributed by atoms with Crippen LogP contribution in [0.15, 0.2) is 25.8 Å². The molecule has 2 aromatic rings. The number of benzene rings is 1. The molecule has 1 heterocycles. The van der Waals surface area contributed by atoms with Crippen LogP contribution in [-0.2, 0) is 0 Å². The Kier molecular flexibility index (Phi) is 5.88. The summed E-state index contributed by atoms with van der Waals surface area (Å²) in [5.74, 6) is -3.81. The molecular formula is C14H12Br2F3NS. The Balaban J connectivity index is 2.47. The lowest BCUT2D eigenvalue weighted by molar-refractivity contribution is 0.442. The molecule has 0 aliphatic carbocycles. The average Bonchev–Trinajstić information content (AvgIpc) is 2.75. The zero-order chi connectivity index (χ0) is 15.6. The van der Waals surface area contributed by atoms with Gasteiger partial charge in [0.15, 0.2) is 17.5 Å². The van der Waals surface area contributed by atoms with Crippen LogP contribution >= 0.6 is 43.2 Å². The normalized spacial score (nSPS) is 12.7. The van der Waals surface area contributed by atoms with Gasteiger partial charge in [0, 0.05) is 0 Å². The molecule has 0 amide bonds. The van der Waals surface area contributed by atoms with Gasteiger partial charge in [-0.05, 0) is 74.2 Å². The van der Waals surface area contributed by atoms with E-state index in [-0.39, 0.29) is 0 Å². The van der Waals surface area contributed by atoms with Crippen LogP contribution in [0.1, 0.15) is 30.5 Å². The summed E-state index contributed by atoms with van der Waals surface area (Å²) in [5.41, 5.74) is 1.21. The van der Waals surface area contributed by atoms with E-state index in [1.165, 1.54) is 11.3 Å². The quantitative estimate of drug-likeness (QED) is 0.578. The lowest BCUT2D eigenvalue weighted by Gasteiger charge is -2.19. The summed E-state index contributed by atoms with van der Waals surface area (Å²) < 4.78 is 41.8. The van der Waals surface area contributed by atoms with Crippen molar-refractivity contribution in [2.24, 2.45) is 0 Å². The molecule has 0 saturated heterocycles. The predicted molar refractivity (Wildman–Crippen MR) is 86.2 cm³/mol. The number of hydrogen-bond donors (Lipinski definition) is 1. The van der Waals surface area contributed by atoms with Crippen LogP contribution in [0.25, 0.3) is 0 Å². The largest absolute Gasteiger partial charge is 0.306 e. The fourth-order valence-corrected chi connectivity index (χ4v) is 4.89. The fourth-order valence-electron chi connectivity index (χ4n) is 1.99. The van der Waals surface area contributed by atoms with Gasteiger partial charge in [0.1, 0.15) is 0 Å². The molecule has 0 aliphatic heterocycles. The van der Waals surface area contributed by atoms with Gasteiger partial charge in [0.25, 0.3) is 0 Å². The Hall–Kier alpha value is -0.370. The summed E-state index contributed by atoms with van der Waals surface area (Å²) in [5, 5.41) is 3.23. The monoisotopic (exact) mass is 441 g/mol. The van der Waals surface area contributed by atoms with Crippen molar-refractivity contribution in [1.82, 2.24) is 5.32 Å². The number of rotatable bonds is 5. The minimum atomic E-state index is -1.45. The average molecular weight is 443 g/mol. The third-order valence-electron chi connectivity index (χ3n) is 2.93. The first kappa shape index (κ1) is 17.0. The molecule has 21 heavy (non-hydrogen) atoms. The molecule has 1 N–H and O–H groups in total. The van der Waals surface area contributed by atoms with Crippen LogP contribution in [0.5, 0.6) is 0 Å². The Morgan fingerprint density at radius 2 is 1.76 bits per heavy atom. The minimum Gasteiger partial charge on any atom is -0.306 e. The molecule has 1 aromatic carbocycles. The summed E-state index contributed by atoms with van der Waals surface area (Å²) in [4.78, 5) is 0. The second kappa shape index (κ2) is 7.26. The van der Waals surface area contributed by atoms with Crippen molar-refractivity contribution >= 4 is 43.2 Å². The maximum Gasteiger partial charge on any atom is 0.194 e. The molecule has 1 unspecified atom stereocenters. The lowest BCUT2D eigenvalue weighted by Crippen LogP contribution is -2.23. The second-order valence-corrected chi connectivity index (χ2v) is 8.21. The van der Waals surface area contributed by atoms with Gasteiger partial charge in [-0.25, -0.2) is 13.2 Å². The maximum absolute atomic E-state index is 13.5. The van der Waals surface area contributed by atoms with E-state index >= 15 is 0 Å². The topological polar surface area (TPSA) is 12.0 Å². The molecule has 0 bridgehead atoms. The van der Waals surface area contributed by atoms with Gasteiger partial charge in [-0.2, -0.15) is 0 Å². The zero-order valence-electron chi connectivity index (χ0n) is 11.0. The van der Waals surface area contributed by atoms with Crippen LogP contribution in [-0.4, -0.2) is 6.54 Å². The first-order chi connectivity index (χ1) is 9.93. The van der Waals surface area contributed by atoms with E-state index in [0.29, 0.717) is 12.1 Å². The molecule has 0 radical (unpaired) electrons. The van der Waals surface area contributed by atoms with Gasteiger partial charge in [0.2, 0.25) is 0 Å². The molecule has 114 valence electrons. The minimum absolute atomic E-state index is 0.353. The number of hydrogen-bond acceptors (Lipinski definition) is 2. The summed E-state index contributed by atoms with van der Waals surface area (Å²) in [6.07, 6.45) is 0.867. The smallest absolute Gasteiger partial charge is 0.194 e. The highest BCUT2D eigenvalue weighted by molar-refractivity contribution is 9.12. The summed E-state index contributed by atoms with van der Waals surface area (Å²) in [6, 6.07) is 3.53. The molecule has 0 saturated carbocycles. The van der Waals surface area contributed by atoms with Crippen molar-refractivity contribution in [3.05, 3.63) is 54.4 Å². The van der Waals surface area contributed by atoms with E-state index < -0.39 is 23.5 Å². The maximum atomic E-state index is 13.5. The van der Waals surface area contributed by atoms with Crippen LogP contribution in [0.2, 0.25) is 0 Å². The Morgan fingerprint density at radius 1 is 1.14 bits per heavy atom. The number of thiophene rings is 1. The summed E-state index contributed by atoms with van der Waals surface area (Å²) >= 11 is 8.30. The van der Waals surface area contributed by atoms with Crippen molar-refractivity contribution in [3.8, 4) is 0 Å². The first-order valence-corrected chi connectivity index (χ1v) is 8.66. The molecule has 1 aromatic heterocycles. The first-order valence-electron chi connectivity index (χ1n) is 6.26. The van der Waals surface area contributed by atoms with Crippen molar-refractivity contribution in [2.45, 2.75) is 19.4 Å². The molecule has 1 atom stereocenters. The van der Waals surface area contributed by atoms with E-state index in [1.54, 1.807) is 0 Å². The molecule has 2 rings (SSSR count). The van der Waals surface area contributed by atoms with Gasteiger partial charge in [-0.3, -0.25) is 0 Å². The van der Waals surface area contributed by atoms with Crippen LogP contribution in [0.4, 0.5) is 13.2 Å². The van der Waals surface area contributed by atoms with E-state index in [2.05, 4.69) is 37.2 Å². The molecular weight excluding hydrogens is 431 g/mol. The highest BCUT2D eigenvalue weighted by Gasteiger charge is 2.22. The molecule has 7 heteroatoms. The van der Waals surface area contributed by atoms with Gasteiger partial charge in [-0.15, -0.1) is 11.3 Å². The van der Waals surface area contributed by atoms with Crippen LogP contribution in [0, 0.1) is 17.5 Å². The molecule has 0 spiro atoms. The third-order valence-corrected chi connectivity index (χ3v) is 5.32. The Labute approximate surface area is 141 Å². The highest BCUT2D eigenvalue weighted by atomic mass is 79.9. The van der Waals surface area contributed by atoms with Gasteiger partial charge < -0.3 is 5.32 Å². The highest BCUT2D eigenvalue weighted by Crippen LogP contribution is 2.38. The number of nitrogens with one attached hydrogen (secondary N) is 1. The van der Waals surface area contributed by atoms with E-state index in [4.69, 9.17) is 0 Å². The van der Waals surface area contributed by atoms with E-state index in [9.17, 15) is 13.2 Å². The standard InChI is InChI=1S/C14H12Br2F3NS/c1-2-3-20-13(8-6-11(15)21-14(8)16)7-4-9(17)12(19)10(18)5-7/h4-6,13,20H,2-3H2,1H3. The Morgan fingerprint density at radius 3 is 2.24 bits per heavy atom. The van der Waals surface area contributed by atoms with Crippen molar-refractivity contribution in [3.63, 3.8) is 0 Å². The third kappa shape index (κ3) is 3.88. The van der Waals surface area contributed by atoms with Gasteiger partial charge in [-0.1, -0.05) is 6.92 Å². The van der Waals surface area contributed by atoms with Crippen molar-refractivity contribution in [1.29, 1.82) is 0 Å². The number of halogens is 5. The molecule has 0 aliphatic rings. The Bertz CT molecular complexity index is 622. The van der Waals surface area contributed by atoms with Crippen molar-refractivity contribution in [2.75, 3.05) is 6.54 Å². The SMILES string of the molecule is CCCNC(c1cc(F)c(F)c(F)c1)c1cc(Br)sc1Br.